The summed E-state index contributed by atoms with van der Waals surface area (Å²) in [5, 5.41) is 4.50. The number of allylic oxidation sites excluding steroid dienone is 1. The molecule has 2 aliphatic heterocycles. The largest absolute Gasteiger partial charge is 0.308 e. The fourth-order valence-corrected chi connectivity index (χ4v) is 6.13. The van der Waals surface area contributed by atoms with Crippen molar-refractivity contribution in [3.8, 4) is 0 Å². The molecule has 0 fully saturated rings. The Hall–Kier alpha value is -2.79. The number of halogens is 3. The highest BCUT2D eigenvalue weighted by atomic mass is 35.5. The minimum Gasteiger partial charge on any atom is -0.308 e. The van der Waals surface area contributed by atoms with E-state index < -0.39 is 0 Å². The molecule has 35 heavy (non-hydrogen) atoms. The molecule has 0 bridgehead atoms. The number of benzene rings is 3. The predicted octanol–water partition coefficient (Wildman–Crippen LogP) is 9.11. The minimum absolute atomic E-state index is 0.00464. The summed E-state index contributed by atoms with van der Waals surface area (Å²) in [4.78, 5) is 7.48. The maximum Gasteiger partial charge on any atom is 0.174 e. The van der Waals surface area contributed by atoms with Gasteiger partial charge in [0.05, 0.1) is 17.4 Å². The second-order valence-electron chi connectivity index (χ2n) is 8.79. The maximum absolute atomic E-state index is 13.7. The molecule has 6 rings (SSSR count). The van der Waals surface area contributed by atoms with E-state index in [1.165, 1.54) is 23.3 Å². The van der Waals surface area contributed by atoms with Gasteiger partial charge in [0.25, 0.3) is 0 Å². The quantitative estimate of drug-likeness (QED) is 0.343. The van der Waals surface area contributed by atoms with E-state index in [0.717, 1.165) is 57.5 Å². The highest BCUT2D eigenvalue weighted by Crippen LogP contribution is 2.51. The van der Waals surface area contributed by atoms with E-state index >= 15 is 0 Å². The number of thioether (sulfide) groups is 1. The summed E-state index contributed by atoms with van der Waals surface area (Å²) in [6.45, 7) is 0. The first kappa shape index (κ1) is 22.7. The van der Waals surface area contributed by atoms with Gasteiger partial charge in [0.1, 0.15) is 5.82 Å². The third-order valence-electron chi connectivity index (χ3n) is 6.57. The van der Waals surface area contributed by atoms with Crippen LogP contribution in [0.25, 0.3) is 11.8 Å². The Morgan fingerprint density at radius 3 is 2.29 bits per heavy atom. The van der Waals surface area contributed by atoms with Gasteiger partial charge in [-0.05, 0) is 102 Å². The fraction of sp³-hybridized carbons (Fsp3) is 0.138. The topological polar surface area (TPSA) is 15.6 Å². The number of amidine groups is 1. The first-order valence-electron chi connectivity index (χ1n) is 11.5. The zero-order valence-electron chi connectivity index (χ0n) is 18.7. The van der Waals surface area contributed by atoms with Crippen molar-refractivity contribution < 1.29 is 4.39 Å². The molecule has 1 aliphatic carbocycles. The van der Waals surface area contributed by atoms with E-state index in [-0.39, 0.29) is 11.9 Å². The van der Waals surface area contributed by atoms with Gasteiger partial charge < -0.3 is 4.90 Å². The molecule has 0 spiro atoms. The number of hydrogen-bond acceptors (Lipinski definition) is 3. The van der Waals surface area contributed by atoms with Crippen molar-refractivity contribution in [3.05, 3.63) is 128 Å². The zero-order chi connectivity index (χ0) is 23.9. The summed E-state index contributed by atoms with van der Waals surface area (Å²) in [5.74, 6) is -0.240. The SMILES string of the molecule is Fc1ccc(C2=CSC3=NC4=C(CCC/C4=C\c4ccc(Cl)cc4)[C@@H](c4ccc(Cl)cc4)N23)cc1. The Morgan fingerprint density at radius 1 is 0.886 bits per heavy atom. The van der Waals surface area contributed by atoms with Crippen molar-refractivity contribution in [2.45, 2.75) is 25.3 Å². The number of fused-ring (bicyclic) bond motifs is 1. The van der Waals surface area contributed by atoms with Crippen molar-refractivity contribution in [1.82, 2.24) is 4.90 Å². The first-order chi connectivity index (χ1) is 17.1. The van der Waals surface area contributed by atoms with Crippen molar-refractivity contribution in [3.63, 3.8) is 0 Å². The smallest absolute Gasteiger partial charge is 0.174 e. The number of nitrogens with zero attached hydrogens (tertiary/aromatic N) is 2. The van der Waals surface area contributed by atoms with E-state index in [9.17, 15) is 4.39 Å². The molecule has 3 aromatic carbocycles. The predicted molar refractivity (Wildman–Crippen MR) is 146 cm³/mol. The van der Waals surface area contributed by atoms with Gasteiger partial charge in [-0.1, -0.05) is 59.2 Å². The summed E-state index contributed by atoms with van der Waals surface area (Å²) in [7, 11) is 0. The molecule has 0 unspecified atom stereocenters. The van der Waals surface area contributed by atoms with Crippen LogP contribution in [0.2, 0.25) is 10.0 Å². The van der Waals surface area contributed by atoms with E-state index in [4.69, 9.17) is 28.2 Å². The summed E-state index contributed by atoms with van der Waals surface area (Å²) < 4.78 is 13.7. The van der Waals surface area contributed by atoms with Crippen LogP contribution in [0.1, 0.15) is 42.0 Å². The molecule has 0 radical (unpaired) electrons. The molecular weight excluding hydrogens is 498 g/mol. The normalized spacial score (nSPS) is 20.5. The minimum atomic E-state index is -0.240. The lowest BCUT2D eigenvalue weighted by Gasteiger charge is -2.40. The first-order valence-corrected chi connectivity index (χ1v) is 13.2. The van der Waals surface area contributed by atoms with Crippen LogP contribution in [-0.2, 0) is 0 Å². The number of aliphatic imine (C=N–C) groups is 1. The third kappa shape index (κ3) is 4.35. The van der Waals surface area contributed by atoms with Crippen LogP contribution >= 0.6 is 35.0 Å². The van der Waals surface area contributed by atoms with Crippen LogP contribution in [0.5, 0.6) is 0 Å². The molecule has 0 saturated heterocycles. The molecular formula is C29H21Cl2FN2S. The summed E-state index contributed by atoms with van der Waals surface area (Å²) in [5.41, 5.74) is 7.92. The second-order valence-corrected chi connectivity index (χ2v) is 10.5. The number of rotatable bonds is 3. The number of hydrogen-bond donors (Lipinski definition) is 0. The molecule has 3 aliphatic rings. The summed E-state index contributed by atoms with van der Waals surface area (Å²) >= 11 is 14.0. The third-order valence-corrected chi connectivity index (χ3v) is 7.92. The Balaban J connectivity index is 1.48. The lowest BCUT2D eigenvalue weighted by atomic mass is 9.83. The van der Waals surface area contributed by atoms with E-state index in [1.807, 2.05) is 48.5 Å². The van der Waals surface area contributed by atoms with Gasteiger partial charge in [0.2, 0.25) is 0 Å². The van der Waals surface area contributed by atoms with Crippen molar-refractivity contribution in [2.75, 3.05) is 0 Å². The molecule has 6 heteroatoms. The standard InChI is InChI=1S/C29H21Cl2FN2S/c30-22-10-4-18(5-11-22)16-21-2-1-3-25-27(21)33-29-34(28(25)20-6-12-23(31)13-7-20)26(17-35-29)19-8-14-24(32)15-9-19/h4-17,28H,1-3H2/b21-16+/t28-/m1/s1. The van der Waals surface area contributed by atoms with E-state index in [1.54, 1.807) is 11.8 Å². The molecule has 0 saturated carbocycles. The average Bonchev–Trinajstić information content (AvgIpc) is 3.29. The molecule has 0 N–H and O–H groups in total. The van der Waals surface area contributed by atoms with Crippen LogP contribution in [0, 0.1) is 5.82 Å². The maximum atomic E-state index is 13.7. The van der Waals surface area contributed by atoms with Crippen molar-refractivity contribution in [1.29, 1.82) is 0 Å². The van der Waals surface area contributed by atoms with Gasteiger partial charge in [0.15, 0.2) is 5.17 Å². The Kier molecular flexibility index (Phi) is 6.05. The van der Waals surface area contributed by atoms with Gasteiger partial charge in [0, 0.05) is 15.5 Å². The van der Waals surface area contributed by atoms with Crippen LogP contribution in [0.15, 0.2) is 100 Å². The zero-order valence-corrected chi connectivity index (χ0v) is 21.0. The molecule has 2 heterocycles. The van der Waals surface area contributed by atoms with Gasteiger partial charge in [-0.15, -0.1) is 0 Å². The molecule has 0 aromatic heterocycles. The van der Waals surface area contributed by atoms with Crippen LogP contribution in [0.4, 0.5) is 4.39 Å². The molecule has 0 amide bonds. The summed E-state index contributed by atoms with van der Waals surface area (Å²) in [6, 6.07) is 22.7. The van der Waals surface area contributed by atoms with Gasteiger partial charge in [-0.2, -0.15) is 0 Å². The Morgan fingerprint density at radius 2 is 1.57 bits per heavy atom. The monoisotopic (exact) mass is 518 g/mol. The van der Waals surface area contributed by atoms with Crippen LogP contribution < -0.4 is 0 Å². The Labute approximate surface area is 218 Å². The van der Waals surface area contributed by atoms with Crippen LogP contribution in [-0.4, -0.2) is 10.1 Å². The Bertz CT molecular complexity index is 1400. The fourth-order valence-electron chi connectivity index (χ4n) is 4.95. The second kappa shape index (κ2) is 9.34. The van der Waals surface area contributed by atoms with Gasteiger partial charge in [-0.3, -0.25) is 0 Å². The summed E-state index contributed by atoms with van der Waals surface area (Å²) in [6.07, 6.45) is 5.24. The molecule has 174 valence electrons. The highest BCUT2D eigenvalue weighted by Gasteiger charge is 2.40. The molecule has 3 aromatic rings. The van der Waals surface area contributed by atoms with Gasteiger partial charge >= 0.3 is 0 Å². The lowest BCUT2D eigenvalue weighted by molar-refractivity contribution is 0.458. The average molecular weight is 519 g/mol. The van der Waals surface area contributed by atoms with E-state index in [0.29, 0.717) is 5.02 Å². The highest BCUT2D eigenvalue weighted by molar-refractivity contribution is 8.16. The van der Waals surface area contributed by atoms with Crippen molar-refractivity contribution >= 4 is 51.9 Å². The lowest BCUT2D eigenvalue weighted by Crippen LogP contribution is -2.34. The molecule has 2 nitrogen and oxygen atoms in total. The van der Waals surface area contributed by atoms with Crippen molar-refractivity contribution in [2.24, 2.45) is 4.99 Å². The van der Waals surface area contributed by atoms with Gasteiger partial charge in [-0.25, -0.2) is 9.38 Å². The molecule has 1 atom stereocenters. The van der Waals surface area contributed by atoms with E-state index in [2.05, 4.69) is 28.5 Å². The van der Waals surface area contributed by atoms with Crippen LogP contribution in [0.3, 0.4) is 0 Å².